The minimum atomic E-state index is -0.116. The van der Waals surface area contributed by atoms with Gasteiger partial charge in [-0.15, -0.1) is 0 Å². The third-order valence-electron chi connectivity index (χ3n) is 5.55. The fourth-order valence-corrected chi connectivity index (χ4v) is 3.77. The molecule has 1 saturated heterocycles. The van der Waals surface area contributed by atoms with Crippen molar-refractivity contribution in [2.24, 2.45) is 0 Å². The van der Waals surface area contributed by atoms with Gasteiger partial charge in [0.05, 0.1) is 22.4 Å². The molecular formula is C23H23ClN4O2. The van der Waals surface area contributed by atoms with Gasteiger partial charge in [-0.05, 0) is 69.2 Å². The number of aromatic nitrogens is 2. The number of amides is 2. The lowest BCUT2D eigenvalue weighted by molar-refractivity contribution is 0.0698. The maximum Gasteiger partial charge on any atom is 0.253 e. The molecule has 2 heterocycles. The minimum absolute atomic E-state index is 0.0144. The Balaban J connectivity index is 1.38. The molecular weight excluding hydrogens is 400 g/mol. The Hall–Kier alpha value is -2.99. The van der Waals surface area contributed by atoms with Crippen LogP contribution in [0.1, 0.15) is 44.9 Å². The number of fused-ring (bicyclic) bond motifs is 1. The third kappa shape index (κ3) is 4.28. The van der Waals surface area contributed by atoms with Crippen LogP contribution in [-0.4, -0.2) is 45.8 Å². The highest BCUT2D eigenvalue weighted by molar-refractivity contribution is 6.30. The molecule has 2 amide bonds. The average molecular weight is 423 g/mol. The van der Waals surface area contributed by atoms with Crippen molar-refractivity contribution in [3.63, 3.8) is 0 Å². The van der Waals surface area contributed by atoms with Crippen molar-refractivity contribution >= 4 is 34.4 Å². The highest BCUT2D eigenvalue weighted by Gasteiger charge is 2.25. The van der Waals surface area contributed by atoms with E-state index in [0.29, 0.717) is 29.2 Å². The smallest absolute Gasteiger partial charge is 0.253 e. The number of piperidine rings is 1. The van der Waals surface area contributed by atoms with E-state index in [0.717, 1.165) is 35.3 Å². The predicted octanol–water partition coefficient (Wildman–Crippen LogP) is 3.93. The van der Waals surface area contributed by atoms with Crippen molar-refractivity contribution in [3.05, 3.63) is 70.0 Å². The van der Waals surface area contributed by atoms with E-state index in [-0.39, 0.29) is 17.9 Å². The number of nitrogens with one attached hydrogen (secondary N) is 1. The van der Waals surface area contributed by atoms with Crippen LogP contribution in [0, 0.1) is 13.8 Å². The molecule has 1 N–H and O–H groups in total. The summed E-state index contributed by atoms with van der Waals surface area (Å²) in [5.74, 6) is -0.130. The molecule has 1 aliphatic heterocycles. The van der Waals surface area contributed by atoms with Crippen LogP contribution in [0.25, 0.3) is 11.0 Å². The van der Waals surface area contributed by atoms with Gasteiger partial charge in [0.25, 0.3) is 11.8 Å². The number of carbonyl (C=O) groups excluding carboxylic acids is 2. The van der Waals surface area contributed by atoms with Gasteiger partial charge in [-0.2, -0.15) is 0 Å². The molecule has 0 spiro atoms. The van der Waals surface area contributed by atoms with Crippen molar-refractivity contribution in [2.45, 2.75) is 32.7 Å². The Morgan fingerprint density at radius 2 is 1.53 bits per heavy atom. The van der Waals surface area contributed by atoms with Crippen LogP contribution in [0.4, 0.5) is 0 Å². The molecule has 0 aliphatic carbocycles. The molecule has 0 radical (unpaired) electrons. The number of hydrogen-bond donors (Lipinski definition) is 1. The van der Waals surface area contributed by atoms with Crippen LogP contribution in [-0.2, 0) is 0 Å². The molecule has 1 fully saturated rings. The first-order valence-electron chi connectivity index (χ1n) is 10.0. The zero-order chi connectivity index (χ0) is 21.3. The van der Waals surface area contributed by atoms with Crippen molar-refractivity contribution < 1.29 is 9.59 Å². The molecule has 0 atom stereocenters. The summed E-state index contributed by atoms with van der Waals surface area (Å²) in [6, 6.07) is 12.3. The van der Waals surface area contributed by atoms with E-state index in [1.54, 1.807) is 24.3 Å². The average Bonchev–Trinajstić information content (AvgIpc) is 2.75. The number of hydrogen-bond acceptors (Lipinski definition) is 4. The predicted molar refractivity (Wildman–Crippen MR) is 117 cm³/mol. The molecule has 7 heteroatoms. The maximum atomic E-state index is 13.0. The van der Waals surface area contributed by atoms with Gasteiger partial charge in [0.2, 0.25) is 0 Å². The summed E-state index contributed by atoms with van der Waals surface area (Å²) in [7, 11) is 0. The molecule has 0 saturated carbocycles. The standard InChI is InChI=1S/C23H23ClN4O2/c1-14-15(2)26-21-13-17(5-8-20(21)25-14)23(30)28-11-9-19(10-12-28)27-22(29)16-3-6-18(24)7-4-16/h3-8,13,19H,9-12H2,1-2H3,(H,27,29). The Morgan fingerprint density at radius 3 is 2.20 bits per heavy atom. The largest absolute Gasteiger partial charge is 0.349 e. The van der Waals surface area contributed by atoms with E-state index in [2.05, 4.69) is 15.3 Å². The van der Waals surface area contributed by atoms with Gasteiger partial charge in [-0.3, -0.25) is 9.59 Å². The van der Waals surface area contributed by atoms with Gasteiger partial charge >= 0.3 is 0 Å². The lowest BCUT2D eigenvalue weighted by Gasteiger charge is -2.32. The summed E-state index contributed by atoms with van der Waals surface area (Å²) in [5, 5.41) is 3.65. The maximum absolute atomic E-state index is 13.0. The quantitative estimate of drug-likeness (QED) is 0.693. The second-order valence-electron chi connectivity index (χ2n) is 7.64. The molecule has 6 nitrogen and oxygen atoms in total. The van der Waals surface area contributed by atoms with Crippen molar-refractivity contribution in [2.75, 3.05) is 13.1 Å². The zero-order valence-corrected chi connectivity index (χ0v) is 17.7. The SMILES string of the molecule is Cc1nc2ccc(C(=O)N3CCC(NC(=O)c4ccc(Cl)cc4)CC3)cc2nc1C. The van der Waals surface area contributed by atoms with Crippen molar-refractivity contribution in [3.8, 4) is 0 Å². The summed E-state index contributed by atoms with van der Waals surface area (Å²) in [6.45, 7) is 5.04. The van der Waals surface area contributed by atoms with Crippen LogP contribution >= 0.6 is 11.6 Å². The first-order valence-corrected chi connectivity index (χ1v) is 10.4. The number of aryl methyl sites for hydroxylation is 2. The summed E-state index contributed by atoms with van der Waals surface area (Å²) in [5.41, 5.74) is 4.48. The molecule has 4 rings (SSSR count). The van der Waals surface area contributed by atoms with E-state index < -0.39 is 0 Å². The third-order valence-corrected chi connectivity index (χ3v) is 5.80. The van der Waals surface area contributed by atoms with Crippen LogP contribution < -0.4 is 5.32 Å². The van der Waals surface area contributed by atoms with E-state index >= 15 is 0 Å². The Bertz CT molecular complexity index is 1110. The van der Waals surface area contributed by atoms with Crippen LogP contribution in [0.15, 0.2) is 42.5 Å². The van der Waals surface area contributed by atoms with Crippen LogP contribution in [0.2, 0.25) is 5.02 Å². The van der Waals surface area contributed by atoms with Crippen molar-refractivity contribution in [1.82, 2.24) is 20.2 Å². The lowest BCUT2D eigenvalue weighted by Crippen LogP contribution is -2.46. The first kappa shape index (κ1) is 20.3. The summed E-state index contributed by atoms with van der Waals surface area (Å²) in [4.78, 5) is 36.3. The monoisotopic (exact) mass is 422 g/mol. The van der Waals surface area contributed by atoms with Gasteiger partial charge < -0.3 is 10.2 Å². The van der Waals surface area contributed by atoms with E-state index in [9.17, 15) is 9.59 Å². The highest BCUT2D eigenvalue weighted by atomic mass is 35.5. The molecule has 154 valence electrons. The lowest BCUT2D eigenvalue weighted by atomic mass is 10.0. The van der Waals surface area contributed by atoms with Gasteiger partial charge in [0.1, 0.15) is 0 Å². The number of rotatable bonds is 3. The van der Waals surface area contributed by atoms with Crippen molar-refractivity contribution in [1.29, 1.82) is 0 Å². The topological polar surface area (TPSA) is 75.2 Å². The second kappa shape index (κ2) is 8.40. The normalized spacial score (nSPS) is 14.7. The fraction of sp³-hybridized carbons (Fsp3) is 0.304. The summed E-state index contributed by atoms with van der Waals surface area (Å²) in [6.07, 6.45) is 1.44. The number of likely N-dealkylation sites (tertiary alicyclic amines) is 1. The molecule has 3 aromatic rings. The molecule has 1 aliphatic rings. The fourth-order valence-electron chi connectivity index (χ4n) is 3.64. The van der Waals surface area contributed by atoms with Gasteiger partial charge in [0.15, 0.2) is 0 Å². The molecule has 2 aromatic carbocycles. The second-order valence-corrected chi connectivity index (χ2v) is 8.08. The first-order chi connectivity index (χ1) is 14.4. The van der Waals surface area contributed by atoms with Crippen LogP contribution in [0.3, 0.4) is 0 Å². The zero-order valence-electron chi connectivity index (χ0n) is 17.0. The number of carbonyl (C=O) groups is 2. The number of halogens is 1. The Morgan fingerprint density at radius 1 is 0.933 bits per heavy atom. The molecule has 0 unspecified atom stereocenters. The molecule has 0 bridgehead atoms. The number of nitrogens with zero attached hydrogens (tertiary/aromatic N) is 3. The summed E-state index contributed by atoms with van der Waals surface area (Å²) < 4.78 is 0. The number of benzene rings is 2. The Kier molecular flexibility index (Phi) is 5.68. The molecule has 1 aromatic heterocycles. The summed E-state index contributed by atoms with van der Waals surface area (Å²) >= 11 is 5.87. The molecule has 30 heavy (non-hydrogen) atoms. The highest BCUT2D eigenvalue weighted by Crippen LogP contribution is 2.19. The van der Waals surface area contributed by atoms with Crippen LogP contribution in [0.5, 0.6) is 0 Å². The van der Waals surface area contributed by atoms with Gasteiger partial charge in [-0.25, -0.2) is 9.97 Å². The van der Waals surface area contributed by atoms with Gasteiger partial charge in [-0.1, -0.05) is 11.6 Å². The van der Waals surface area contributed by atoms with Gasteiger partial charge in [0, 0.05) is 35.3 Å². The minimum Gasteiger partial charge on any atom is -0.349 e. The van der Waals surface area contributed by atoms with E-state index in [1.165, 1.54) is 0 Å². The Labute approximate surface area is 180 Å². The van der Waals surface area contributed by atoms with E-state index in [1.807, 2.05) is 36.9 Å². The van der Waals surface area contributed by atoms with E-state index in [4.69, 9.17) is 11.6 Å².